The molecular weight excluding hydrogens is 282 g/mol. The van der Waals surface area contributed by atoms with Gasteiger partial charge in [0.25, 0.3) is 0 Å². The quantitative estimate of drug-likeness (QED) is 0.374. The first-order valence-electron chi connectivity index (χ1n) is 6.00. The van der Waals surface area contributed by atoms with Gasteiger partial charge in [-0.1, -0.05) is 0 Å². The van der Waals surface area contributed by atoms with Gasteiger partial charge < -0.3 is 23.7 Å². The fourth-order valence-corrected chi connectivity index (χ4v) is 0. The molecule has 0 unspecified atom stereocenters. The van der Waals surface area contributed by atoms with Crippen molar-refractivity contribution in [2.75, 3.05) is 0 Å². The molecular formula is C16H36MgZn. The summed E-state index contributed by atoms with van der Waals surface area (Å²) in [5, 5.41) is 0. The third-order valence-corrected chi connectivity index (χ3v) is 0. The van der Waals surface area contributed by atoms with Crippen LogP contribution in [0.4, 0.5) is 0 Å². The molecule has 0 aliphatic carbocycles. The molecule has 18 heavy (non-hydrogen) atoms. The van der Waals surface area contributed by atoms with Crippen LogP contribution in [0.3, 0.4) is 0 Å². The molecule has 0 heterocycles. The van der Waals surface area contributed by atoms with Gasteiger partial charge in [0.2, 0.25) is 0 Å². The van der Waals surface area contributed by atoms with Crippen LogP contribution < -0.4 is 0 Å². The molecule has 0 amide bonds. The van der Waals surface area contributed by atoms with Gasteiger partial charge in [0.05, 0.1) is 0 Å². The van der Waals surface area contributed by atoms with E-state index in [2.05, 4.69) is 83.1 Å². The van der Waals surface area contributed by atoms with Gasteiger partial charge in [-0.25, -0.2) is 0 Å². The summed E-state index contributed by atoms with van der Waals surface area (Å²) in [6, 6.07) is 0. The molecule has 2 heteroatoms. The van der Waals surface area contributed by atoms with Crippen LogP contribution in [-0.4, -0.2) is 23.1 Å². The fraction of sp³-hybridized carbons (Fsp3) is 0.750. The Morgan fingerprint density at radius 3 is 0.333 bits per heavy atom. The summed E-state index contributed by atoms with van der Waals surface area (Å²) in [5.41, 5.74) is 0. The Balaban J connectivity index is -0.0000000257. The molecule has 0 rings (SSSR count). The van der Waals surface area contributed by atoms with Gasteiger partial charge in [-0.05, 0) is 0 Å². The van der Waals surface area contributed by atoms with Gasteiger partial charge in [0.1, 0.15) is 0 Å². The third-order valence-electron chi connectivity index (χ3n) is 0. The van der Waals surface area contributed by atoms with Crippen molar-refractivity contribution in [1.29, 1.82) is 0 Å². The van der Waals surface area contributed by atoms with Crippen molar-refractivity contribution in [2.24, 2.45) is 0 Å². The number of hydrogen-bond donors (Lipinski definition) is 0. The molecule has 0 atom stereocenters. The molecule has 0 aliphatic rings. The van der Waals surface area contributed by atoms with Crippen LogP contribution in [0.25, 0.3) is 0 Å². The smallest absolute Gasteiger partial charge is 0.323 e. The van der Waals surface area contributed by atoms with Gasteiger partial charge in [0, 0.05) is 0 Å². The molecule has 0 N–H and O–H groups in total. The number of hydrogen-bond acceptors (Lipinski definition) is 0. The predicted octanol–water partition coefficient (Wildman–Crippen LogP) is 6.10. The van der Waals surface area contributed by atoms with Crippen LogP contribution >= 0.6 is 0 Å². The summed E-state index contributed by atoms with van der Waals surface area (Å²) in [7, 11) is 0. The molecule has 0 saturated heterocycles. The SMILES string of the molecule is C[C-](C)C.C[C-](C)C.C[C-](C)C.C[C-](C)C.[Mg+2].[Zn+2]. The normalized spacial score (nSPS) is 8.00. The molecule has 0 radical (unpaired) electrons. The van der Waals surface area contributed by atoms with Gasteiger partial charge in [-0.3, -0.25) is 0 Å². The molecule has 0 aromatic heterocycles. The van der Waals surface area contributed by atoms with Crippen LogP contribution in [0.15, 0.2) is 0 Å². The first-order chi connectivity index (χ1) is 6.93. The van der Waals surface area contributed by atoms with Gasteiger partial charge in [0.15, 0.2) is 0 Å². The van der Waals surface area contributed by atoms with E-state index < -0.39 is 0 Å². The monoisotopic (exact) mass is 316 g/mol. The van der Waals surface area contributed by atoms with Crippen molar-refractivity contribution in [3.8, 4) is 0 Å². The summed E-state index contributed by atoms with van der Waals surface area (Å²) in [5.74, 6) is 5.67. The number of rotatable bonds is 0. The van der Waals surface area contributed by atoms with E-state index in [9.17, 15) is 0 Å². The third kappa shape index (κ3) is 2420. The summed E-state index contributed by atoms with van der Waals surface area (Å²) >= 11 is 0. The molecule has 0 saturated carbocycles. The van der Waals surface area contributed by atoms with E-state index in [1.807, 2.05) is 0 Å². The standard InChI is InChI=1S/4C4H9.Mg.Zn/c4*1-4(2)3;;/h4*1-3H3;;/q4*-1;2*+2. The van der Waals surface area contributed by atoms with Crippen molar-refractivity contribution >= 4 is 23.1 Å². The second-order valence-corrected chi connectivity index (χ2v) is 6.00. The van der Waals surface area contributed by atoms with E-state index in [4.69, 9.17) is 0 Å². The van der Waals surface area contributed by atoms with Crippen molar-refractivity contribution in [1.82, 2.24) is 0 Å². The van der Waals surface area contributed by atoms with E-state index in [0.29, 0.717) is 0 Å². The summed E-state index contributed by atoms with van der Waals surface area (Å²) in [6.45, 7) is 25.0. The fourth-order valence-electron chi connectivity index (χ4n) is 0. The maximum absolute atomic E-state index is 2.08. The Kier molecular flexibility index (Phi) is 63.0. The maximum atomic E-state index is 2.08. The average molecular weight is 318 g/mol. The Morgan fingerprint density at radius 2 is 0.333 bits per heavy atom. The molecule has 0 aromatic rings. The molecule has 0 bridgehead atoms. The van der Waals surface area contributed by atoms with Crippen LogP contribution in [0, 0.1) is 23.7 Å². The molecule has 0 aliphatic heterocycles. The van der Waals surface area contributed by atoms with Gasteiger partial charge in [-0.2, -0.15) is 83.1 Å². The summed E-state index contributed by atoms with van der Waals surface area (Å²) < 4.78 is 0. The summed E-state index contributed by atoms with van der Waals surface area (Å²) in [6.07, 6.45) is 0. The van der Waals surface area contributed by atoms with Gasteiger partial charge >= 0.3 is 42.5 Å². The van der Waals surface area contributed by atoms with Crippen molar-refractivity contribution in [3.05, 3.63) is 23.7 Å². The zero-order chi connectivity index (χ0) is 14.3. The Morgan fingerprint density at radius 1 is 0.333 bits per heavy atom. The topological polar surface area (TPSA) is 0 Å². The van der Waals surface area contributed by atoms with E-state index in [0.717, 1.165) is 0 Å². The molecule has 104 valence electrons. The minimum Gasteiger partial charge on any atom is -0.323 e. The molecule has 0 fully saturated rings. The zero-order valence-corrected chi connectivity index (χ0v) is 19.8. The zero-order valence-electron chi connectivity index (χ0n) is 15.4. The second-order valence-electron chi connectivity index (χ2n) is 6.00. The first-order valence-corrected chi connectivity index (χ1v) is 6.00. The van der Waals surface area contributed by atoms with Gasteiger partial charge in [-0.15, -0.1) is 0 Å². The Labute approximate surface area is 148 Å². The second kappa shape index (κ2) is 31.0. The van der Waals surface area contributed by atoms with E-state index in [1.54, 1.807) is 0 Å². The first kappa shape index (κ1) is 36.6. The minimum absolute atomic E-state index is 0. The van der Waals surface area contributed by atoms with Crippen molar-refractivity contribution in [2.45, 2.75) is 83.1 Å². The molecule has 0 aromatic carbocycles. The Bertz CT molecular complexity index is 54.1. The Hall–Kier alpha value is 1.39. The van der Waals surface area contributed by atoms with Crippen molar-refractivity contribution < 1.29 is 19.5 Å². The maximum Gasteiger partial charge on any atom is 2.00 e. The molecule has 0 spiro atoms. The van der Waals surface area contributed by atoms with E-state index in [-0.39, 0.29) is 42.5 Å². The van der Waals surface area contributed by atoms with E-state index in [1.165, 1.54) is 23.7 Å². The van der Waals surface area contributed by atoms with Crippen LogP contribution in [0.2, 0.25) is 0 Å². The molecule has 0 nitrogen and oxygen atoms in total. The van der Waals surface area contributed by atoms with Crippen LogP contribution in [-0.2, 0) is 19.5 Å². The largest absolute Gasteiger partial charge is 2.00 e. The van der Waals surface area contributed by atoms with Crippen LogP contribution in [0.5, 0.6) is 0 Å². The predicted molar refractivity (Wildman–Crippen MR) is 86.8 cm³/mol. The average Bonchev–Trinajstić information content (AvgIpc) is 1.76. The van der Waals surface area contributed by atoms with Crippen LogP contribution in [0.1, 0.15) is 83.1 Å². The minimum atomic E-state index is 0. The van der Waals surface area contributed by atoms with Crippen molar-refractivity contribution in [3.63, 3.8) is 0 Å². The summed E-state index contributed by atoms with van der Waals surface area (Å²) in [4.78, 5) is 0. The van der Waals surface area contributed by atoms with E-state index >= 15 is 0 Å².